The van der Waals surface area contributed by atoms with E-state index >= 15 is 0 Å². The lowest BCUT2D eigenvalue weighted by Gasteiger charge is -2.25. The van der Waals surface area contributed by atoms with Gasteiger partial charge in [0.15, 0.2) is 0 Å². The number of hydrogen-bond acceptors (Lipinski definition) is 7. The molecule has 0 aliphatic rings. The number of hydrogen-bond donors (Lipinski definition) is 4. The van der Waals surface area contributed by atoms with E-state index in [1.165, 1.54) is 11.1 Å². The predicted molar refractivity (Wildman–Crippen MR) is 160 cm³/mol. The topological polar surface area (TPSA) is 93.8 Å². The molecule has 0 spiro atoms. The predicted octanol–water partition coefficient (Wildman–Crippen LogP) is 4.54. The van der Waals surface area contributed by atoms with Crippen LogP contribution in [-0.4, -0.2) is 44.6 Å². The largest absolute Gasteiger partial charge is 0.341 e. The molecule has 0 aliphatic heterocycles. The Labute approximate surface area is 236 Å². The minimum atomic E-state index is 0.172. The number of imidazole rings is 1. The van der Waals surface area contributed by atoms with Crippen LogP contribution in [0, 0.1) is 0 Å². The molecule has 8 nitrogen and oxygen atoms in total. The van der Waals surface area contributed by atoms with Crippen molar-refractivity contribution >= 4 is 11.0 Å². The molecule has 0 fully saturated rings. The molecule has 206 valence electrons. The molecule has 8 heteroatoms. The Morgan fingerprint density at radius 1 is 0.775 bits per heavy atom. The second-order valence-corrected chi connectivity index (χ2v) is 10.0. The molecule has 0 bridgehead atoms. The summed E-state index contributed by atoms with van der Waals surface area (Å²) in [6, 6.07) is 29.3. The maximum absolute atomic E-state index is 4.65. The second kappa shape index (κ2) is 14.4. The zero-order chi connectivity index (χ0) is 27.4. The first-order chi connectivity index (χ1) is 19.7. The van der Waals surface area contributed by atoms with Gasteiger partial charge in [-0.3, -0.25) is 20.2 Å². The van der Waals surface area contributed by atoms with Crippen LogP contribution in [0.1, 0.15) is 41.3 Å². The summed E-state index contributed by atoms with van der Waals surface area (Å²) in [4.78, 5) is 19.4. The molecular formula is C32H38N8. The lowest BCUT2D eigenvalue weighted by molar-refractivity contribution is 0.233. The SMILES string of the molecule is CC(NCN(CCNCc1ccccn1)Cc1ccc(CNCc2nc3ccccc3[nH]2)cc1)c1ccccn1. The number of benzene rings is 2. The van der Waals surface area contributed by atoms with Crippen molar-refractivity contribution in [2.75, 3.05) is 19.8 Å². The standard InChI is InChI=1S/C32H38N8/c1-25(29-9-5-7-17-36-29)37-24-40(19-18-33-21-28-8-4-6-16-35-28)23-27-14-12-26(13-15-27)20-34-22-32-38-30-10-2-3-11-31(30)39-32/h2-17,25,33-34,37H,18-24H2,1H3,(H,38,39). The first-order valence-electron chi connectivity index (χ1n) is 13.9. The van der Waals surface area contributed by atoms with Crippen LogP contribution in [-0.2, 0) is 26.2 Å². The Morgan fingerprint density at radius 2 is 1.55 bits per heavy atom. The van der Waals surface area contributed by atoms with Gasteiger partial charge in [-0.2, -0.15) is 0 Å². The smallest absolute Gasteiger partial charge is 0.121 e. The zero-order valence-electron chi connectivity index (χ0n) is 23.1. The van der Waals surface area contributed by atoms with Gasteiger partial charge in [0.25, 0.3) is 0 Å². The Kier molecular flexibility index (Phi) is 9.97. The molecule has 5 aromatic rings. The van der Waals surface area contributed by atoms with Crippen molar-refractivity contribution in [3.63, 3.8) is 0 Å². The normalized spacial score (nSPS) is 12.2. The van der Waals surface area contributed by atoms with Crippen LogP contribution in [0.4, 0.5) is 0 Å². The molecule has 3 heterocycles. The lowest BCUT2D eigenvalue weighted by Crippen LogP contribution is -2.39. The van der Waals surface area contributed by atoms with E-state index in [0.717, 1.165) is 67.6 Å². The zero-order valence-corrected chi connectivity index (χ0v) is 23.1. The van der Waals surface area contributed by atoms with Gasteiger partial charge in [0.2, 0.25) is 0 Å². The average molecular weight is 535 g/mol. The number of aromatic amines is 1. The molecule has 5 rings (SSSR count). The number of rotatable bonds is 15. The maximum Gasteiger partial charge on any atom is 0.121 e. The Hall–Kier alpha value is -3.95. The highest BCUT2D eigenvalue weighted by atomic mass is 15.2. The van der Waals surface area contributed by atoms with Crippen LogP contribution in [0.5, 0.6) is 0 Å². The van der Waals surface area contributed by atoms with Crippen LogP contribution in [0.25, 0.3) is 11.0 Å². The van der Waals surface area contributed by atoms with Crippen molar-refractivity contribution in [1.82, 2.24) is 40.8 Å². The Bertz CT molecular complexity index is 1390. The Morgan fingerprint density at radius 3 is 2.33 bits per heavy atom. The molecule has 4 N–H and O–H groups in total. The number of H-pyrrole nitrogens is 1. The minimum Gasteiger partial charge on any atom is -0.341 e. The highest BCUT2D eigenvalue weighted by Crippen LogP contribution is 2.12. The highest BCUT2D eigenvalue weighted by molar-refractivity contribution is 5.74. The van der Waals surface area contributed by atoms with Crippen LogP contribution in [0.2, 0.25) is 0 Å². The van der Waals surface area contributed by atoms with Gasteiger partial charge in [-0.15, -0.1) is 0 Å². The molecule has 3 aromatic heterocycles. The quantitative estimate of drug-likeness (QED) is 0.116. The number of nitrogens with one attached hydrogen (secondary N) is 4. The molecule has 1 atom stereocenters. The fourth-order valence-corrected chi connectivity index (χ4v) is 4.61. The van der Waals surface area contributed by atoms with Gasteiger partial charge in [-0.1, -0.05) is 48.5 Å². The van der Waals surface area contributed by atoms with Gasteiger partial charge in [-0.25, -0.2) is 4.98 Å². The summed E-state index contributed by atoms with van der Waals surface area (Å²) in [6.45, 7) is 7.84. The number of nitrogens with zero attached hydrogens (tertiary/aromatic N) is 4. The van der Waals surface area contributed by atoms with Crippen LogP contribution >= 0.6 is 0 Å². The van der Waals surface area contributed by atoms with E-state index < -0.39 is 0 Å². The van der Waals surface area contributed by atoms with Crippen molar-refractivity contribution in [2.45, 2.75) is 39.1 Å². The van der Waals surface area contributed by atoms with E-state index in [2.05, 4.69) is 84.1 Å². The summed E-state index contributed by atoms with van der Waals surface area (Å²) in [5, 5.41) is 10.7. The molecular weight excluding hydrogens is 496 g/mol. The monoisotopic (exact) mass is 534 g/mol. The van der Waals surface area contributed by atoms with Gasteiger partial charge in [-0.05, 0) is 54.4 Å². The van der Waals surface area contributed by atoms with Crippen molar-refractivity contribution in [3.8, 4) is 0 Å². The summed E-state index contributed by atoms with van der Waals surface area (Å²) >= 11 is 0. The van der Waals surface area contributed by atoms with E-state index in [4.69, 9.17) is 0 Å². The first kappa shape index (κ1) is 27.6. The molecule has 2 aromatic carbocycles. The van der Waals surface area contributed by atoms with E-state index in [1.807, 2.05) is 60.9 Å². The number of para-hydroxylation sites is 2. The van der Waals surface area contributed by atoms with E-state index in [9.17, 15) is 0 Å². The van der Waals surface area contributed by atoms with Crippen molar-refractivity contribution in [3.05, 3.63) is 126 Å². The van der Waals surface area contributed by atoms with Gasteiger partial charge in [0.05, 0.1) is 29.0 Å². The molecule has 0 aliphatic carbocycles. The van der Waals surface area contributed by atoms with Crippen molar-refractivity contribution in [2.24, 2.45) is 0 Å². The van der Waals surface area contributed by atoms with Gasteiger partial charge in [0, 0.05) is 57.8 Å². The third kappa shape index (κ3) is 8.27. The minimum absolute atomic E-state index is 0.172. The first-order valence-corrected chi connectivity index (χ1v) is 13.9. The third-order valence-corrected chi connectivity index (χ3v) is 6.88. The number of fused-ring (bicyclic) bond motifs is 1. The molecule has 1 unspecified atom stereocenters. The summed E-state index contributed by atoms with van der Waals surface area (Å²) in [7, 11) is 0. The average Bonchev–Trinajstić information content (AvgIpc) is 3.42. The van der Waals surface area contributed by atoms with Crippen LogP contribution in [0.15, 0.2) is 97.3 Å². The van der Waals surface area contributed by atoms with Crippen LogP contribution < -0.4 is 16.0 Å². The summed E-state index contributed by atoms with van der Waals surface area (Å²) in [5.74, 6) is 0.956. The lowest BCUT2D eigenvalue weighted by atomic mass is 10.1. The molecule has 0 radical (unpaired) electrons. The van der Waals surface area contributed by atoms with Gasteiger partial charge in [0.1, 0.15) is 5.82 Å². The summed E-state index contributed by atoms with van der Waals surface area (Å²) in [5.41, 5.74) is 6.73. The fraction of sp³-hybridized carbons (Fsp3) is 0.281. The fourth-order valence-electron chi connectivity index (χ4n) is 4.61. The molecule has 0 saturated heterocycles. The van der Waals surface area contributed by atoms with E-state index in [-0.39, 0.29) is 6.04 Å². The number of aromatic nitrogens is 4. The second-order valence-electron chi connectivity index (χ2n) is 10.0. The summed E-state index contributed by atoms with van der Waals surface area (Å²) < 4.78 is 0. The van der Waals surface area contributed by atoms with Gasteiger partial charge >= 0.3 is 0 Å². The summed E-state index contributed by atoms with van der Waals surface area (Å²) in [6.07, 6.45) is 3.68. The highest BCUT2D eigenvalue weighted by Gasteiger charge is 2.11. The van der Waals surface area contributed by atoms with E-state index in [1.54, 1.807) is 0 Å². The van der Waals surface area contributed by atoms with E-state index in [0.29, 0.717) is 6.54 Å². The van der Waals surface area contributed by atoms with Crippen molar-refractivity contribution < 1.29 is 0 Å². The van der Waals surface area contributed by atoms with Gasteiger partial charge < -0.3 is 15.6 Å². The maximum atomic E-state index is 4.65. The van der Waals surface area contributed by atoms with Crippen molar-refractivity contribution in [1.29, 1.82) is 0 Å². The molecule has 0 saturated carbocycles. The third-order valence-electron chi connectivity index (χ3n) is 6.88. The Balaban J connectivity index is 1.12. The van der Waals surface area contributed by atoms with Crippen LogP contribution in [0.3, 0.4) is 0 Å². The molecule has 0 amide bonds. The molecule has 40 heavy (non-hydrogen) atoms. The number of pyridine rings is 2.